The molecule has 20 heteroatoms. The monoisotopic (exact) mass is 628 g/mol. The van der Waals surface area contributed by atoms with Gasteiger partial charge in [-0.1, -0.05) is 0 Å². The van der Waals surface area contributed by atoms with Crippen molar-refractivity contribution in [3.05, 3.63) is 47.3 Å². The van der Waals surface area contributed by atoms with E-state index in [1.54, 1.807) is 62.2 Å². The van der Waals surface area contributed by atoms with Crippen molar-refractivity contribution in [3.63, 3.8) is 0 Å². The quantitative estimate of drug-likeness (QED) is 0.238. The second-order valence-electron chi connectivity index (χ2n) is 10.5. The molecule has 5 aromatic rings. The molecule has 238 valence electrons. The first kappa shape index (κ1) is 31.1. The summed E-state index contributed by atoms with van der Waals surface area (Å²) in [5.74, 6) is 0.873. The van der Waals surface area contributed by atoms with Gasteiger partial charge >= 0.3 is 0 Å². The fraction of sp³-hybridized carbons (Fsp3) is 0.308. The average molecular weight is 629 g/mol. The summed E-state index contributed by atoms with van der Waals surface area (Å²) >= 11 is 0. The van der Waals surface area contributed by atoms with Crippen molar-refractivity contribution in [3.8, 4) is 11.6 Å². The smallest absolute Gasteiger partial charge is 0.258 e. The van der Waals surface area contributed by atoms with Crippen LogP contribution in [0, 0.1) is 13.8 Å². The number of carbonyl (C=O) groups is 2. The first-order valence-electron chi connectivity index (χ1n) is 13.6. The number of aryl methyl sites for hydroxylation is 4. The minimum absolute atomic E-state index is 0.145. The third-order valence-electron chi connectivity index (χ3n) is 6.78. The zero-order valence-corrected chi connectivity index (χ0v) is 26.4. The Morgan fingerprint density at radius 3 is 1.46 bits per heavy atom. The maximum atomic E-state index is 12.5. The SMILES string of the molecule is Cc1nn(-c2cc(-n3nc(C)c(N=Nc4c(C(=O)N(C)C)cnn4C)c3N)ncn2)c(N)c1N=Nc1c(C(=O)N(C)C)cnn1C. The molecule has 5 heterocycles. The molecule has 0 aliphatic rings. The van der Waals surface area contributed by atoms with E-state index < -0.39 is 0 Å². The second-order valence-corrected chi connectivity index (χ2v) is 10.5. The molecule has 0 spiro atoms. The number of nitrogens with two attached hydrogens (primary N) is 2. The fourth-order valence-electron chi connectivity index (χ4n) is 4.32. The van der Waals surface area contributed by atoms with Gasteiger partial charge in [-0.25, -0.2) is 19.3 Å². The van der Waals surface area contributed by atoms with Gasteiger partial charge in [0.1, 0.15) is 17.5 Å². The summed E-state index contributed by atoms with van der Waals surface area (Å²) in [5.41, 5.74) is 14.9. The highest BCUT2D eigenvalue weighted by molar-refractivity contribution is 5.98. The summed E-state index contributed by atoms with van der Waals surface area (Å²) in [6, 6.07) is 1.58. The average Bonchev–Trinajstić information content (AvgIpc) is 3.74. The van der Waals surface area contributed by atoms with Gasteiger partial charge in [0.2, 0.25) is 0 Å². The molecule has 0 radical (unpaired) electrons. The van der Waals surface area contributed by atoms with Crippen molar-refractivity contribution in [1.82, 2.24) is 58.9 Å². The van der Waals surface area contributed by atoms with Gasteiger partial charge in [-0.05, 0) is 13.8 Å². The highest BCUT2D eigenvalue weighted by atomic mass is 16.2. The number of amides is 2. The number of azo groups is 2. The van der Waals surface area contributed by atoms with E-state index in [0.29, 0.717) is 23.0 Å². The lowest BCUT2D eigenvalue weighted by Crippen LogP contribution is -2.21. The van der Waals surface area contributed by atoms with E-state index in [2.05, 4.69) is 50.8 Å². The van der Waals surface area contributed by atoms with Crippen LogP contribution < -0.4 is 11.5 Å². The Morgan fingerprint density at radius 1 is 0.696 bits per heavy atom. The predicted octanol–water partition coefficient (Wildman–Crippen LogP) is 2.33. The molecule has 20 nitrogen and oxygen atoms in total. The number of aromatic nitrogens is 10. The van der Waals surface area contributed by atoms with Gasteiger partial charge < -0.3 is 21.3 Å². The summed E-state index contributed by atoms with van der Waals surface area (Å²) in [6.45, 7) is 3.43. The highest BCUT2D eigenvalue weighted by Crippen LogP contribution is 2.33. The molecule has 0 atom stereocenters. The summed E-state index contributed by atoms with van der Waals surface area (Å²) < 4.78 is 5.64. The lowest BCUT2D eigenvalue weighted by atomic mass is 10.3. The van der Waals surface area contributed by atoms with E-state index in [0.717, 1.165) is 0 Å². The van der Waals surface area contributed by atoms with E-state index in [1.165, 1.54) is 47.2 Å². The van der Waals surface area contributed by atoms with Crippen LogP contribution in [0.15, 0.2) is 45.2 Å². The number of carbonyl (C=O) groups excluding carboxylic acids is 2. The molecule has 0 unspecified atom stereocenters. The van der Waals surface area contributed by atoms with Gasteiger partial charge in [0, 0.05) is 48.4 Å². The molecule has 0 bridgehead atoms. The molecule has 5 aromatic heterocycles. The van der Waals surface area contributed by atoms with E-state index in [-0.39, 0.29) is 57.6 Å². The topological polar surface area (TPSA) is 239 Å². The van der Waals surface area contributed by atoms with Crippen molar-refractivity contribution in [2.45, 2.75) is 13.8 Å². The Kier molecular flexibility index (Phi) is 8.10. The fourth-order valence-corrected chi connectivity index (χ4v) is 4.32. The van der Waals surface area contributed by atoms with Crippen molar-refractivity contribution in [2.75, 3.05) is 39.7 Å². The molecule has 0 saturated carbocycles. The van der Waals surface area contributed by atoms with Crippen LogP contribution in [0.2, 0.25) is 0 Å². The Morgan fingerprint density at radius 2 is 1.09 bits per heavy atom. The van der Waals surface area contributed by atoms with Crippen LogP contribution in [-0.2, 0) is 14.1 Å². The molecular formula is C26H32N18O2. The number of nitrogen functional groups attached to an aromatic ring is 2. The number of nitrogens with zero attached hydrogens (tertiary/aromatic N) is 16. The van der Waals surface area contributed by atoms with Crippen molar-refractivity contribution >= 4 is 46.5 Å². The van der Waals surface area contributed by atoms with Crippen LogP contribution in [0.25, 0.3) is 11.6 Å². The number of anilines is 2. The molecule has 4 N–H and O–H groups in total. The van der Waals surface area contributed by atoms with E-state index in [9.17, 15) is 9.59 Å². The van der Waals surface area contributed by atoms with Crippen molar-refractivity contribution < 1.29 is 9.59 Å². The summed E-state index contributed by atoms with van der Waals surface area (Å²) in [4.78, 5) is 36.6. The first-order chi connectivity index (χ1) is 21.8. The molecular weight excluding hydrogens is 596 g/mol. The van der Waals surface area contributed by atoms with E-state index in [1.807, 2.05) is 0 Å². The van der Waals surface area contributed by atoms with Gasteiger partial charge in [0.15, 0.2) is 46.3 Å². The zero-order chi connectivity index (χ0) is 33.4. The van der Waals surface area contributed by atoms with Gasteiger partial charge in [-0.3, -0.25) is 9.59 Å². The van der Waals surface area contributed by atoms with E-state index >= 15 is 0 Å². The molecule has 0 aliphatic carbocycles. The molecule has 0 fully saturated rings. The molecule has 5 rings (SSSR count). The van der Waals surface area contributed by atoms with Gasteiger partial charge in [-0.15, -0.1) is 20.5 Å². The zero-order valence-electron chi connectivity index (χ0n) is 26.4. The van der Waals surface area contributed by atoms with Gasteiger partial charge in [0.25, 0.3) is 11.8 Å². The number of hydrogen-bond donors (Lipinski definition) is 2. The van der Waals surface area contributed by atoms with Gasteiger partial charge in [0.05, 0.1) is 23.8 Å². The first-order valence-corrected chi connectivity index (χ1v) is 13.6. The number of rotatable bonds is 8. The number of hydrogen-bond acceptors (Lipinski definition) is 14. The molecule has 2 amide bonds. The molecule has 46 heavy (non-hydrogen) atoms. The maximum absolute atomic E-state index is 12.5. The van der Waals surface area contributed by atoms with Crippen LogP contribution in [-0.4, -0.2) is 98.9 Å². The molecule has 0 saturated heterocycles. The minimum Gasteiger partial charge on any atom is -0.382 e. The Balaban J connectivity index is 1.46. The largest absolute Gasteiger partial charge is 0.382 e. The summed E-state index contributed by atoms with van der Waals surface area (Å²) in [5, 5.41) is 34.3. The minimum atomic E-state index is -0.269. The van der Waals surface area contributed by atoms with Crippen LogP contribution in [0.4, 0.5) is 34.6 Å². The Labute approximate surface area is 262 Å². The summed E-state index contributed by atoms with van der Waals surface area (Å²) in [7, 11) is 9.84. The van der Waals surface area contributed by atoms with E-state index in [4.69, 9.17) is 11.5 Å². The van der Waals surface area contributed by atoms with Gasteiger partial charge in [-0.2, -0.15) is 29.8 Å². The van der Waals surface area contributed by atoms with Crippen LogP contribution in [0.5, 0.6) is 0 Å². The Hall–Kier alpha value is -6.34. The van der Waals surface area contributed by atoms with Crippen LogP contribution in [0.1, 0.15) is 32.1 Å². The lowest BCUT2D eigenvalue weighted by Gasteiger charge is -2.08. The van der Waals surface area contributed by atoms with Crippen LogP contribution in [0.3, 0.4) is 0 Å². The normalized spacial score (nSPS) is 11.7. The third-order valence-corrected chi connectivity index (χ3v) is 6.78. The third kappa shape index (κ3) is 5.53. The second kappa shape index (κ2) is 12.0. The lowest BCUT2D eigenvalue weighted by molar-refractivity contribution is 0.0821. The maximum Gasteiger partial charge on any atom is 0.258 e. The Bertz CT molecular complexity index is 1880. The molecule has 0 aromatic carbocycles. The molecule has 0 aliphatic heterocycles. The standard InChI is InChI=1S/C26H32N18O2/c1-13-19(33-35-23-15(10-31-41(23)7)25(45)39(3)4)21(27)43(37-13)17-9-18(30-12-29-17)44-22(28)20(14(2)38-44)34-36-24-16(11-32-42(24)8)26(46)40(5)6/h9-12H,27-28H2,1-8H3. The van der Waals surface area contributed by atoms with Crippen molar-refractivity contribution in [1.29, 1.82) is 0 Å². The van der Waals surface area contributed by atoms with Crippen molar-refractivity contribution in [2.24, 2.45) is 34.6 Å². The predicted molar refractivity (Wildman–Crippen MR) is 165 cm³/mol. The summed E-state index contributed by atoms with van der Waals surface area (Å²) in [6.07, 6.45) is 4.16. The highest BCUT2D eigenvalue weighted by Gasteiger charge is 2.22. The van der Waals surface area contributed by atoms with Crippen LogP contribution >= 0.6 is 0 Å².